The maximum Gasteiger partial charge on any atom is 0.191 e. The molecule has 2 N–H and O–H groups in total. The highest BCUT2D eigenvalue weighted by molar-refractivity contribution is 14.0. The summed E-state index contributed by atoms with van der Waals surface area (Å²) in [5.74, 6) is -0.492. The number of nitrogens with zero attached hydrogens (tertiary/aromatic N) is 1. The van der Waals surface area contributed by atoms with Gasteiger partial charge in [0.05, 0.1) is 11.8 Å². The molecule has 0 heterocycles. The molecule has 0 saturated carbocycles. The van der Waals surface area contributed by atoms with Gasteiger partial charge in [0.1, 0.15) is 10.7 Å². The van der Waals surface area contributed by atoms with Gasteiger partial charge in [0, 0.05) is 13.6 Å². The molecule has 0 aliphatic heterocycles. The number of aliphatic imine (C=N–C) groups is 1. The van der Waals surface area contributed by atoms with E-state index in [1.807, 2.05) is 19.1 Å². The Morgan fingerprint density at radius 1 is 1.03 bits per heavy atom. The van der Waals surface area contributed by atoms with Crippen molar-refractivity contribution in [2.75, 3.05) is 19.3 Å². The third kappa shape index (κ3) is 5.91. The summed E-state index contributed by atoms with van der Waals surface area (Å²) >= 11 is 0. The van der Waals surface area contributed by atoms with Crippen LogP contribution in [0.3, 0.4) is 0 Å². The number of hydrogen-bond donors (Lipinski definition) is 2. The Morgan fingerprint density at radius 2 is 1.70 bits per heavy atom. The smallest absolute Gasteiger partial charge is 0.191 e. The normalized spacial score (nSPS) is 12.8. The van der Waals surface area contributed by atoms with E-state index in [4.69, 9.17) is 0 Å². The van der Waals surface area contributed by atoms with Crippen molar-refractivity contribution in [3.63, 3.8) is 0 Å². The Bertz CT molecular complexity index is 1140. The van der Waals surface area contributed by atoms with E-state index in [9.17, 15) is 12.8 Å². The first-order chi connectivity index (χ1) is 13.9. The van der Waals surface area contributed by atoms with Gasteiger partial charge in [0.15, 0.2) is 15.8 Å². The first-order valence-electron chi connectivity index (χ1n) is 9.34. The fraction of sp³-hybridized carbons (Fsp3) is 0.227. The zero-order valence-electron chi connectivity index (χ0n) is 16.8. The molecule has 30 heavy (non-hydrogen) atoms. The molecule has 0 fully saturated rings. The van der Waals surface area contributed by atoms with Crippen LogP contribution in [0.25, 0.3) is 10.8 Å². The average molecular weight is 541 g/mol. The van der Waals surface area contributed by atoms with Crippen molar-refractivity contribution in [1.29, 1.82) is 0 Å². The predicted molar refractivity (Wildman–Crippen MR) is 131 cm³/mol. The third-order valence-electron chi connectivity index (χ3n) is 4.69. The Labute approximate surface area is 193 Å². The molecule has 0 aliphatic carbocycles. The monoisotopic (exact) mass is 541 g/mol. The van der Waals surface area contributed by atoms with Crippen molar-refractivity contribution in [2.24, 2.45) is 4.99 Å². The van der Waals surface area contributed by atoms with E-state index in [1.54, 1.807) is 7.05 Å². The summed E-state index contributed by atoms with van der Waals surface area (Å²) < 4.78 is 38.5. The standard InChI is InChI=1S/C22H24FN3O2S.HI/c1-16(18-12-11-17-7-3-4-8-19(17)15-18)26-22(24-2)25-13-14-29(27,28)21-10-6-5-9-20(21)23;/h3-12,15-16H,13-14H2,1-2H3,(H2,24,25,26);1H. The van der Waals surface area contributed by atoms with Crippen molar-refractivity contribution in [3.05, 3.63) is 78.1 Å². The lowest BCUT2D eigenvalue weighted by Gasteiger charge is -2.19. The second kappa shape index (κ2) is 10.7. The van der Waals surface area contributed by atoms with Crippen LogP contribution in [-0.4, -0.2) is 33.7 Å². The molecule has 0 spiro atoms. The predicted octanol–water partition coefficient (Wildman–Crippen LogP) is 4.30. The molecule has 1 unspecified atom stereocenters. The van der Waals surface area contributed by atoms with Gasteiger partial charge in [-0.1, -0.05) is 48.5 Å². The maximum absolute atomic E-state index is 13.8. The Morgan fingerprint density at radius 3 is 2.40 bits per heavy atom. The van der Waals surface area contributed by atoms with Gasteiger partial charge in [-0.15, -0.1) is 24.0 Å². The lowest BCUT2D eigenvalue weighted by atomic mass is 10.0. The zero-order valence-corrected chi connectivity index (χ0v) is 19.9. The van der Waals surface area contributed by atoms with Crippen molar-refractivity contribution >= 4 is 50.5 Å². The highest BCUT2D eigenvalue weighted by Crippen LogP contribution is 2.20. The van der Waals surface area contributed by atoms with Crippen LogP contribution in [0.15, 0.2) is 76.6 Å². The summed E-state index contributed by atoms with van der Waals surface area (Å²) in [6.45, 7) is 2.12. The molecule has 160 valence electrons. The average Bonchev–Trinajstić information content (AvgIpc) is 2.72. The molecule has 3 rings (SSSR count). The molecule has 0 saturated heterocycles. The molecule has 0 radical (unpaired) electrons. The van der Waals surface area contributed by atoms with Crippen molar-refractivity contribution in [3.8, 4) is 0 Å². The molecule has 3 aromatic carbocycles. The van der Waals surface area contributed by atoms with Gasteiger partial charge in [-0.05, 0) is 41.5 Å². The second-order valence-electron chi connectivity index (χ2n) is 6.72. The molecule has 0 amide bonds. The fourth-order valence-electron chi connectivity index (χ4n) is 3.07. The van der Waals surface area contributed by atoms with Crippen LogP contribution in [0.1, 0.15) is 18.5 Å². The van der Waals surface area contributed by atoms with E-state index in [-0.39, 0.29) is 47.2 Å². The Balaban J connectivity index is 0.00000320. The zero-order chi connectivity index (χ0) is 20.9. The fourth-order valence-corrected chi connectivity index (χ4v) is 4.31. The number of hydrogen-bond acceptors (Lipinski definition) is 3. The van der Waals surface area contributed by atoms with Gasteiger partial charge in [0.25, 0.3) is 0 Å². The number of benzene rings is 3. The summed E-state index contributed by atoms with van der Waals surface area (Å²) in [5.41, 5.74) is 1.09. The van der Waals surface area contributed by atoms with Gasteiger partial charge in [0.2, 0.25) is 0 Å². The van der Waals surface area contributed by atoms with Gasteiger partial charge in [-0.2, -0.15) is 0 Å². The third-order valence-corrected chi connectivity index (χ3v) is 6.43. The summed E-state index contributed by atoms with van der Waals surface area (Å²) in [7, 11) is -2.10. The van der Waals surface area contributed by atoms with E-state index in [1.165, 1.54) is 23.6 Å². The summed E-state index contributed by atoms with van der Waals surface area (Å²) in [6, 6.07) is 19.7. The second-order valence-corrected chi connectivity index (χ2v) is 8.80. The summed E-state index contributed by atoms with van der Waals surface area (Å²) in [4.78, 5) is 3.87. The quantitative estimate of drug-likeness (QED) is 0.278. The Kier molecular flexibility index (Phi) is 8.60. The summed E-state index contributed by atoms with van der Waals surface area (Å²) in [5, 5.41) is 8.57. The first-order valence-corrected chi connectivity index (χ1v) is 11.0. The molecule has 1 atom stereocenters. The van der Waals surface area contributed by atoms with E-state index < -0.39 is 15.7 Å². The van der Waals surface area contributed by atoms with Crippen molar-refractivity contribution < 1.29 is 12.8 Å². The number of nitrogens with one attached hydrogen (secondary N) is 2. The minimum atomic E-state index is -3.72. The van der Waals surface area contributed by atoms with E-state index in [0.717, 1.165) is 17.0 Å². The van der Waals surface area contributed by atoms with Crippen LogP contribution in [0.5, 0.6) is 0 Å². The van der Waals surface area contributed by atoms with Gasteiger partial charge in [-0.3, -0.25) is 4.99 Å². The van der Waals surface area contributed by atoms with Crippen molar-refractivity contribution in [1.82, 2.24) is 10.6 Å². The van der Waals surface area contributed by atoms with Crippen LogP contribution < -0.4 is 10.6 Å². The molecule has 8 heteroatoms. The first kappa shape index (κ1) is 24.1. The van der Waals surface area contributed by atoms with Gasteiger partial charge >= 0.3 is 0 Å². The number of fused-ring (bicyclic) bond motifs is 1. The van der Waals surface area contributed by atoms with E-state index in [0.29, 0.717) is 5.96 Å². The molecular weight excluding hydrogens is 516 g/mol. The van der Waals surface area contributed by atoms with Crippen LogP contribution in [0, 0.1) is 5.82 Å². The lowest BCUT2D eigenvalue weighted by molar-refractivity contribution is 0.566. The van der Waals surface area contributed by atoms with Gasteiger partial charge in [-0.25, -0.2) is 12.8 Å². The number of rotatable bonds is 6. The molecule has 5 nitrogen and oxygen atoms in total. The van der Waals surface area contributed by atoms with Gasteiger partial charge < -0.3 is 10.6 Å². The van der Waals surface area contributed by atoms with Crippen LogP contribution in [0.2, 0.25) is 0 Å². The van der Waals surface area contributed by atoms with Crippen LogP contribution >= 0.6 is 24.0 Å². The minimum Gasteiger partial charge on any atom is -0.355 e. The highest BCUT2D eigenvalue weighted by Gasteiger charge is 2.18. The number of sulfone groups is 1. The van der Waals surface area contributed by atoms with E-state index in [2.05, 4.69) is 46.0 Å². The summed E-state index contributed by atoms with van der Waals surface area (Å²) in [6.07, 6.45) is 0. The number of halogens is 2. The molecule has 0 aromatic heterocycles. The largest absolute Gasteiger partial charge is 0.355 e. The van der Waals surface area contributed by atoms with Crippen LogP contribution in [0.4, 0.5) is 4.39 Å². The van der Waals surface area contributed by atoms with Crippen molar-refractivity contribution in [2.45, 2.75) is 17.9 Å². The topological polar surface area (TPSA) is 70.6 Å². The van der Waals surface area contributed by atoms with Crippen LogP contribution in [-0.2, 0) is 9.84 Å². The molecule has 3 aromatic rings. The number of guanidine groups is 1. The Hall–Kier alpha value is -2.20. The SMILES string of the molecule is CN=C(NCCS(=O)(=O)c1ccccc1F)NC(C)c1ccc2ccccc2c1.I. The highest BCUT2D eigenvalue weighted by atomic mass is 127. The lowest BCUT2D eigenvalue weighted by Crippen LogP contribution is -2.40. The van der Waals surface area contributed by atoms with E-state index >= 15 is 0 Å². The molecule has 0 bridgehead atoms. The minimum absolute atomic E-state index is 0. The maximum atomic E-state index is 13.8. The molecule has 0 aliphatic rings. The molecular formula is C22H25FIN3O2S.